The molecule has 9 nitrogen and oxygen atoms in total. The van der Waals surface area contributed by atoms with Crippen LogP contribution in [-0.4, -0.2) is 75.9 Å². The SMILES string of the molecule is O=C(C[C@H]1CC[C@@H]2[C@H](COC[C@H](O)CN2C(=O)c2cnccn2)O1)NCc1ccc(F)cc1. The molecule has 2 fully saturated rings. The van der Waals surface area contributed by atoms with Crippen LogP contribution >= 0.6 is 0 Å². The van der Waals surface area contributed by atoms with Gasteiger partial charge >= 0.3 is 0 Å². The molecule has 10 heteroatoms. The Balaban J connectivity index is 1.37. The maximum Gasteiger partial charge on any atom is 0.274 e. The van der Waals surface area contributed by atoms with Crippen LogP contribution in [-0.2, 0) is 20.8 Å². The molecular weight excluding hydrogens is 431 g/mol. The third-order valence-corrected chi connectivity index (χ3v) is 5.84. The summed E-state index contributed by atoms with van der Waals surface area (Å²) in [6.07, 6.45) is 4.12. The Hall–Kier alpha value is -2.95. The lowest BCUT2D eigenvalue weighted by Gasteiger charge is -2.44. The van der Waals surface area contributed by atoms with Gasteiger partial charge in [-0.1, -0.05) is 12.1 Å². The molecule has 1 aromatic carbocycles. The van der Waals surface area contributed by atoms with Crippen molar-refractivity contribution in [1.82, 2.24) is 20.2 Å². The number of aliphatic hydroxyl groups is 1. The summed E-state index contributed by atoms with van der Waals surface area (Å²) >= 11 is 0. The molecule has 4 atom stereocenters. The largest absolute Gasteiger partial charge is 0.389 e. The highest BCUT2D eigenvalue weighted by molar-refractivity contribution is 5.92. The summed E-state index contributed by atoms with van der Waals surface area (Å²) in [6, 6.07) is 5.64. The monoisotopic (exact) mass is 458 g/mol. The fraction of sp³-hybridized carbons (Fsp3) is 0.478. The van der Waals surface area contributed by atoms with Crippen LogP contribution in [0.15, 0.2) is 42.9 Å². The van der Waals surface area contributed by atoms with E-state index in [1.165, 1.54) is 30.7 Å². The Bertz CT molecular complexity index is 946. The predicted molar refractivity (Wildman–Crippen MR) is 114 cm³/mol. The number of carbonyl (C=O) groups excluding carboxylic acids is 2. The van der Waals surface area contributed by atoms with E-state index in [0.717, 1.165) is 5.56 Å². The highest BCUT2D eigenvalue weighted by atomic mass is 19.1. The minimum absolute atomic E-state index is 0.0830. The molecule has 2 aliphatic rings. The average Bonchev–Trinajstić information content (AvgIpc) is 2.82. The molecule has 33 heavy (non-hydrogen) atoms. The van der Waals surface area contributed by atoms with Gasteiger partial charge in [0, 0.05) is 25.5 Å². The lowest BCUT2D eigenvalue weighted by atomic mass is 9.94. The smallest absolute Gasteiger partial charge is 0.274 e. The van der Waals surface area contributed by atoms with Crippen molar-refractivity contribution >= 4 is 11.8 Å². The van der Waals surface area contributed by atoms with Gasteiger partial charge < -0.3 is 24.8 Å². The average molecular weight is 458 g/mol. The van der Waals surface area contributed by atoms with Crippen LogP contribution in [0.4, 0.5) is 4.39 Å². The van der Waals surface area contributed by atoms with Crippen molar-refractivity contribution in [3.8, 4) is 0 Å². The van der Waals surface area contributed by atoms with Gasteiger partial charge in [0.05, 0.1) is 44.1 Å². The van der Waals surface area contributed by atoms with E-state index in [9.17, 15) is 19.1 Å². The summed E-state index contributed by atoms with van der Waals surface area (Å²) in [5.74, 6) is -0.813. The Labute approximate surface area is 190 Å². The van der Waals surface area contributed by atoms with Crippen molar-refractivity contribution in [1.29, 1.82) is 0 Å². The fourth-order valence-electron chi connectivity index (χ4n) is 4.21. The molecule has 0 radical (unpaired) electrons. The molecule has 0 saturated carbocycles. The topological polar surface area (TPSA) is 114 Å². The number of aromatic nitrogens is 2. The molecule has 176 valence electrons. The number of halogens is 1. The van der Waals surface area contributed by atoms with Crippen molar-refractivity contribution in [2.24, 2.45) is 0 Å². The highest BCUT2D eigenvalue weighted by Gasteiger charge is 2.40. The third-order valence-electron chi connectivity index (χ3n) is 5.84. The van der Waals surface area contributed by atoms with E-state index in [4.69, 9.17) is 9.47 Å². The van der Waals surface area contributed by atoms with Gasteiger partial charge in [-0.2, -0.15) is 0 Å². The minimum Gasteiger partial charge on any atom is -0.389 e. The molecular formula is C23H27FN4O5. The van der Waals surface area contributed by atoms with Crippen LogP contribution in [0.2, 0.25) is 0 Å². The molecule has 0 unspecified atom stereocenters. The molecule has 2 aromatic rings. The Kier molecular flexibility index (Phi) is 7.58. The molecule has 2 saturated heterocycles. The molecule has 2 amide bonds. The standard InChI is InChI=1S/C23H27FN4O5/c24-16-3-1-15(2-4-16)10-27-22(30)9-18-5-6-20-21(33-18)14-32-13-17(29)12-28(20)23(31)19-11-25-7-8-26-19/h1-4,7-8,11,17-18,20-21,29H,5-6,9-10,12-14H2,(H,27,30)/t17-,18-,20-,21+/m1/s1. The van der Waals surface area contributed by atoms with Gasteiger partial charge in [-0.15, -0.1) is 0 Å². The van der Waals surface area contributed by atoms with E-state index in [1.54, 1.807) is 17.0 Å². The number of nitrogens with one attached hydrogen (secondary N) is 1. The van der Waals surface area contributed by atoms with E-state index in [1.807, 2.05) is 0 Å². The number of amides is 2. The van der Waals surface area contributed by atoms with E-state index < -0.39 is 12.2 Å². The van der Waals surface area contributed by atoms with Crippen molar-refractivity contribution in [2.75, 3.05) is 19.8 Å². The molecule has 0 aliphatic carbocycles. The summed E-state index contributed by atoms with van der Waals surface area (Å²) in [6.45, 7) is 0.696. The second-order valence-corrected chi connectivity index (χ2v) is 8.29. The van der Waals surface area contributed by atoms with Gasteiger partial charge in [0.1, 0.15) is 17.6 Å². The number of fused-ring (bicyclic) bond motifs is 1. The quantitative estimate of drug-likeness (QED) is 0.689. The van der Waals surface area contributed by atoms with Gasteiger partial charge in [0.2, 0.25) is 5.91 Å². The number of aliphatic hydroxyl groups excluding tert-OH is 1. The number of ether oxygens (including phenoxy) is 2. The van der Waals surface area contributed by atoms with Crippen molar-refractivity contribution in [2.45, 2.75) is 50.2 Å². The lowest BCUT2D eigenvalue weighted by molar-refractivity contribution is -0.151. The molecule has 0 spiro atoms. The van der Waals surface area contributed by atoms with Gasteiger partial charge in [0.25, 0.3) is 5.91 Å². The summed E-state index contributed by atoms with van der Waals surface area (Å²) < 4.78 is 24.8. The van der Waals surface area contributed by atoms with E-state index in [-0.39, 0.29) is 61.7 Å². The highest BCUT2D eigenvalue weighted by Crippen LogP contribution is 2.28. The first-order valence-electron chi connectivity index (χ1n) is 11.0. The summed E-state index contributed by atoms with van der Waals surface area (Å²) in [4.78, 5) is 35.2. The molecule has 0 bridgehead atoms. The number of carbonyl (C=O) groups is 2. The number of β-amino-alcohol motifs (C(OH)–C–C–N with tert-alkyl or cyclic N) is 1. The molecule has 1 aromatic heterocycles. The summed E-state index contributed by atoms with van der Waals surface area (Å²) in [7, 11) is 0. The number of hydrogen-bond donors (Lipinski definition) is 2. The van der Waals surface area contributed by atoms with Crippen molar-refractivity contribution < 1.29 is 28.6 Å². The van der Waals surface area contributed by atoms with Crippen LogP contribution in [0.5, 0.6) is 0 Å². The van der Waals surface area contributed by atoms with Crippen molar-refractivity contribution in [3.05, 3.63) is 59.9 Å². The normalized spacial score (nSPS) is 25.5. The first-order valence-corrected chi connectivity index (χ1v) is 11.0. The number of hydrogen-bond acceptors (Lipinski definition) is 7. The Morgan fingerprint density at radius 1 is 1.18 bits per heavy atom. The number of rotatable bonds is 5. The molecule has 2 aliphatic heterocycles. The molecule has 4 rings (SSSR count). The zero-order valence-corrected chi connectivity index (χ0v) is 18.1. The van der Waals surface area contributed by atoms with Crippen LogP contribution in [0, 0.1) is 5.82 Å². The lowest BCUT2D eigenvalue weighted by Crippen LogP contribution is -2.57. The molecule has 2 N–H and O–H groups in total. The van der Waals surface area contributed by atoms with Gasteiger partial charge in [-0.05, 0) is 30.5 Å². The number of nitrogens with zero attached hydrogens (tertiary/aromatic N) is 3. The number of benzene rings is 1. The van der Waals surface area contributed by atoms with E-state index in [0.29, 0.717) is 19.4 Å². The fourth-order valence-corrected chi connectivity index (χ4v) is 4.21. The van der Waals surface area contributed by atoms with Crippen LogP contribution in [0.1, 0.15) is 35.3 Å². The van der Waals surface area contributed by atoms with Gasteiger partial charge in [-0.3, -0.25) is 14.6 Å². The predicted octanol–water partition coefficient (Wildman–Crippen LogP) is 1.07. The Morgan fingerprint density at radius 2 is 2.00 bits per heavy atom. The van der Waals surface area contributed by atoms with Crippen molar-refractivity contribution in [3.63, 3.8) is 0 Å². The summed E-state index contributed by atoms with van der Waals surface area (Å²) in [5.41, 5.74) is 1.01. The third kappa shape index (κ3) is 6.10. The first-order chi connectivity index (χ1) is 16.0. The second kappa shape index (κ2) is 10.8. The second-order valence-electron chi connectivity index (χ2n) is 8.29. The maximum atomic E-state index is 13.1. The van der Waals surface area contributed by atoms with Crippen LogP contribution < -0.4 is 5.32 Å². The van der Waals surface area contributed by atoms with Crippen LogP contribution in [0.25, 0.3) is 0 Å². The van der Waals surface area contributed by atoms with E-state index >= 15 is 0 Å². The van der Waals surface area contributed by atoms with Gasteiger partial charge in [0.15, 0.2) is 0 Å². The molecule has 3 heterocycles. The Morgan fingerprint density at radius 3 is 2.76 bits per heavy atom. The maximum absolute atomic E-state index is 13.1. The van der Waals surface area contributed by atoms with Gasteiger partial charge in [-0.25, -0.2) is 9.37 Å². The minimum atomic E-state index is -0.818. The zero-order chi connectivity index (χ0) is 23.2. The zero-order valence-electron chi connectivity index (χ0n) is 18.1. The first kappa shape index (κ1) is 23.2. The summed E-state index contributed by atoms with van der Waals surface area (Å²) in [5, 5.41) is 13.1. The van der Waals surface area contributed by atoms with Crippen LogP contribution in [0.3, 0.4) is 0 Å². The van der Waals surface area contributed by atoms with E-state index in [2.05, 4.69) is 15.3 Å².